The molecule has 0 bridgehead atoms. The highest BCUT2D eigenvalue weighted by molar-refractivity contribution is 7.99. The second-order valence-electron chi connectivity index (χ2n) is 13.7. The fourth-order valence-corrected chi connectivity index (χ4v) is 8.89. The van der Waals surface area contributed by atoms with Crippen molar-refractivity contribution in [2.75, 3.05) is 4.90 Å². The van der Waals surface area contributed by atoms with Crippen LogP contribution in [0.2, 0.25) is 0 Å². The molecule has 258 valence electrons. The molecule has 6 heteroatoms. The van der Waals surface area contributed by atoms with E-state index in [1.54, 1.807) is 0 Å². The van der Waals surface area contributed by atoms with Gasteiger partial charge in [-0.05, 0) is 76.5 Å². The van der Waals surface area contributed by atoms with Gasteiger partial charge in [0, 0.05) is 37.4 Å². The lowest BCUT2D eigenvalue weighted by atomic mass is 10.0. The van der Waals surface area contributed by atoms with Crippen molar-refractivity contribution in [1.82, 2.24) is 19.5 Å². The van der Waals surface area contributed by atoms with Crippen LogP contribution in [0.3, 0.4) is 0 Å². The molecule has 0 unspecified atom stereocenters. The maximum Gasteiger partial charge on any atom is 0.238 e. The number of anilines is 3. The van der Waals surface area contributed by atoms with Crippen LogP contribution in [0.4, 0.5) is 17.1 Å². The minimum absolute atomic E-state index is 0.587. The van der Waals surface area contributed by atoms with Crippen LogP contribution in [0.25, 0.3) is 72.4 Å². The number of hydrogen-bond acceptors (Lipinski definition) is 5. The summed E-state index contributed by atoms with van der Waals surface area (Å²) in [6.45, 7) is 0. The third-order valence-electron chi connectivity index (χ3n) is 10.4. The Balaban J connectivity index is 1.05. The van der Waals surface area contributed by atoms with E-state index >= 15 is 0 Å². The molecule has 0 saturated carbocycles. The first kappa shape index (κ1) is 31.5. The van der Waals surface area contributed by atoms with Gasteiger partial charge in [-0.25, -0.2) is 4.98 Å². The van der Waals surface area contributed by atoms with E-state index in [0.29, 0.717) is 17.6 Å². The molecule has 0 atom stereocenters. The number of hydrogen-bond donors (Lipinski definition) is 0. The Morgan fingerprint density at radius 1 is 0.382 bits per heavy atom. The molecule has 0 N–H and O–H groups in total. The summed E-state index contributed by atoms with van der Waals surface area (Å²) in [7, 11) is 0. The summed E-state index contributed by atoms with van der Waals surface area (Å²) in [6.07, 6.45) is 0. The first-order chi connectivity index (χ1) is 27.2. The fraction of sp³-hybridized carbons (Fsp3) is 0. The molecule has 11 rings (SSSR count). The van der Waals surface area contributed by atoms with Crippen LogP contribution in [-0.4, -0.2) is 19.5 Å². The van der Waals surface area contributed by atoms with Crippen molar-refractivity contribution in [2.45, 2.75) is 9.79 Å². The zero-order valence-electron chi connectivity index (χ0n) is 29.5. The predicted octanol–water partition coefficient (Wildman–Crippen LogP) is 13.1. The zero-order chi connectivity index (χ0) is 36.3. The van der Waals surface area contributed by atoms with Crippen LogP contribution in [-0.2, 0) is 0 Å². The first-order valence-corrected chi connectivity index (χ1v) is 19.2. The fourth-order valence-electron chi connectivity index (χ4n) is 7.80. The van der Waals surface area contributed by atoms with Gasteiger partial charge in [-0.15, -0.1) is 0 Å². The Morgan fingerprint density at radius 2 is 1.00 bits per heavy atom. The van der Waals surface area contributed by atoms with Crippen LogP contribution in [0, 0.1) is 0 Å². The number of aromatic nitrogens is 4. The molecule has 0 aliphatic carbocycles. The molecular formula is C49H31N5S. The van der Waals surface area contributed by atoms with Crippen LogP contribution >= 0.6 is 11.8 Å². The van der Waals surface area contributed by atoms with Gasteiger partial charge in [0.05, 0.1) is 22.4 Å². The SMILES string of the molecule is c1ccc(-c2nc(-c3ccccc3)nc(-n3c4ccccc4c4cc(-c5ccc6c(c5)Sc5ccccc5N6c5ccc6ccccc6c5)ccc43)n2)cc1. The highest BCUT2D eigenvalue weighted by Crippen LogP contribution is 2.52. The predicted molar refractivity (Wildman–Crippen MR) is 227 cm³/mol. The summed E-state index contributed by atoms with van der Waals surface area (Å²) in [5, 5.41) is 4.75. The summed E-state index contributed by atoms with van der Waals surface area (Å²) < 4.78 is 2.18. The average Bonchev–Trinajstić information content (AvgIpc) is 3.59. The second kappa shape index (κ2) is 12.8. The smallest absolute Gasteiger partial charge is 0.238 e. The molecule has 3 heterocycles. The van der Waals surface area contributed by atoms with Crippen molar-refractivity contribution in [3.05, 3.63) is 188 Å². The Morgan fingerprint density at radius 3 is 1.80 bits per heavy atom. The van der Waals surface area contributed by atoms with Crippen LogP contribution in [0.15, 0.2) is 198 Å². The normalized spacial score (nSPS) is 12.3. The van der Waals surface area contributed by atoms with Crippen molar-refractivity contribution >= 4 is 61.4 Å². The van der Waals surface area contributed by atoms with Gasteiger partial charge in [0.1, 0.15) is 0 Å². The summed E-state index contributed by atoms with van der Waals surface area (Å²) in [5.74, 6) is 1.86. The molecule has 0 fully saturated rings. The van der Waals surface area contributed by atoms with Gasteiger partial charge >= 0.3 is 0 Å². The van der Waals surface area contributed by atoms with E-state index in [1.807, 2.05) is 72.4 Å². The molecule has 1 aliphatic rings. The monoisotopic (exact) mass is 721 g/mol. The van der Waals surface area contributed by atoms with Gasteiger partial charge in [0.25, 0.3) is 0 Å². The molecule has 0 spiro atoms. The number of benzene rings is 8. The number of nitrogens with zero attached hydrogens (tertiary/aromatic N) is 5. The first-order valence-electron chi connectivity index (χ1n) is 18.4. The lowest BCUT2D eigenvalue weighted by Gasteiger charge is -2.33. The maximum atomic E-state index is 5.10. The van der Waals surface area contributed by atoms with Gasteiger partial charge in [-0.3, -0.25) is 4.57 Å². The molecule has 5 nitrogen and oxygen atoms in total. The third-order valence-corrected chi connectivity index (χ3v) is 11.5. The summed E-state index contributed by atoms with van der Waals surface area (Å²) in [5.41, 5.74) is 9.82. The van der Waals surface area contributed by atoms with Gasteiger partial charge < -0.3 is 4.90 Å². The third kappa shape index (κ3) is 5.38. The summed E-state index contributed by atoms with van der Waals surface area (Å²) in [6, 6.07) is 66.4. The van der Waals surface area contributed by atoms with Gasteiger partial charge in [0.15, 0.2) is 11.6 Å². The molecular weight excluding hydrogens is 691 g/mol. The molecule has 1 aliphatic heterocycles. The van der Waals surface area contributed by atoms with Crippen molar-refractivity contribution in [3.63, 3.8) is 0 Å². The maximum absolute atomic E-state index is 5.10. The Labute approximate surface area is 322 Å². The van der Waals surface area contributed by atoms with Crippen LogP contribution in [0.1, 0.15) is 0 Å². The minimum Gasteiger partial charge on any atom is -0.308 e. The van der Waals surface area contributed by atoms with Gasteiger partial charge in [-0.1, -0.05) is 145 Å². The highest BCUT2D eigenvalue weighted by atomic mass is 32.2. The van der Waals surface area contributed by atoms with Crippen molar-refractivity contribution in [1.29, 1.82) is 0 Å². The Hall–Kier alpha value is -7.02. The van der Waals surface area contributed by atoms with Crippen molar-refractivity contribution in [2.24, 2.45) is 0 Å². The largest absolute Gasteiger partial charge is 0.308 e. The zero-order valence-corrected chi connectivity index (χ0v) is 30.4. The van der Waals surface area contributed by atoms with E-state index in [1.165, 1.54) is 37.5 Å². The van der Waals surface area contributed by atoms with Gasteiger partial charge in [0.2, 0.25) is 5.95 Å². The van der Waals surface area contributed by atoms with E-state index in [0.717, 1.165) is 44.2 Å². The molecule has 10 aromatic rings. The lowest BCUT2D eigenvalue weighted by Crippen LogP contribution is -2.14. The molecule has 2 aromatic heterocycles. The van der Waals surface area contributed by atoms with Crippen LogP contribution < -0.4 is 4.90 Å². The Bertz CT molecular complexity index is 3030. The summed E-state index contributed by atoms with van der Waals surface area (Å²) in [4.78, 5) is 20.0. The molecule has 8 aromatic carbocycles. The standard InChI is InChI=1S/C49H31N5S/c1-3-14-33(15-4-1)47-50-48(34-16-5-2-6-17-34)52-49(51-47)54-41-20-10-9-19-39(41)40-30-36(24-27-42(40)54)37-25-28-44-46(31-37)55-45-22-12-11-21-43(45)53(44)38-26-23-32-13-7-8-18-35(32)29-38/h1-31H. The second-order valence-corrected chi connectivity index (χ2v) is 14.8. The van der Waals surface area contributed by atoms with E-state index in [-0.39, 0.29) is 0 Å². The topological polar surface area (TPSA) is 46.8 Å². The van der Waals surface area contributed by atoms with E-state index in [4.69, 9.17) is 15.0 Å². The molecule has 55 heavy (non-hydrogen) atoms. The van der Waals surface area contributed by atoms with E-state index in [9.17, 15) is 0 Å². The quantitative estimate of drug-likeness (QED) is 0.177. The van der Waals surface area contributed by atoms with E-state index in [2.05, 4.69) is 137 Å². The van der Waals surface area contributed by atoms with Crippen molar-refractivity contribution < 1.29 is 0 Å². The minimum atomic E-state index is 0.587. The number of fused-ring (bicyclic) bond motifs is 6. The Kier molecular flexibility index (Phi) is 7.35. The lowest BCUT2D eigenvalue weighted by molar-refractivity contribution is 0.953. The number of rotatable bonds is 5. The van der Waals surface area contributed by atoms with Crippen LogP contribution in [0.5, 0.6) is 0 Å². The highest BCUT2D eigenvalue weighted by Gasteiger charge is 2.26. The molecule has 0 radical (unpaired) electrons. The molecule has 0 saturated heterocycles. The van der Waals surface area contributed by atoms with Crippen molar-refractivity contribution in [3.8, 4) is 39.9 Å². The average molecular weight is 722 g/mol. The number of para-hydroxylation sites is 2. The van der Waals surface area contributed by atoms with E-state index < -0.39 is 0 Å². The van der Waals surface area contributed by atoms with Gasteiger partial charge in [-0.2, -0.15) is 9.97 Å². The summed E-state index contributed by atoms with van der Waals surface area (Å²) >= 11 is 1.83. The molecule has 0 amide bonds.